The largest absolute Gasteiger partial charge is 0.388 e. The van der Waals surface area contributed by atoms with Gasteiger partial charge in [0.15, 0.2) is 17.0 Å². The lowest BCUT2D eigenvalue weighted by Crippen LogP contribution is -2.43. The molecule has 204 valence electrons. The fraction of sp³-hybridized carbons (Fsp3) is 0.250. The number of imidazole rings is 1. The lowest BCUT2D eigenvalue weighted by Gasteiger charge is -2.20. The van der Waals surface area contributed by atoms with Gasteiger partial charge in [-0.1, -0.05) is 65.8 Å². The number of rotatable bonds is 8. The van der Waals surface area contributed by atoms with Crippen LogP contribution in [0.5, 0.6) is 0 Å². The molecule has 0 radical (unpaired) electrons. The zero-order chi connectivity index (χ0) is 27.6. The summed E-state index contributed by atoms with van der Waals surface area (Å²) in [6.07, 6.45) is 0.701. The number of carbonyl (C=O) groups is 1. The summed E-state index contributed by atoms with van der Waals surface area (Å²) >= 11 is 6.34. The number of carbonyl (C=O) groups excluding carboxylic acids is 1. The average molecular weight is 560 g/mol. The minimum atomic E-state index is -1.22. The number of aliphatic hydroxyl groups excluding tert-OH is 2. The Balaban J connectivity index is 1.26. The van der Waals surface area contributed by atoms with Gasteiger partial charge in [-0.2, -0.15) is 9.97 Å². The summed E-state index contributed by atoms with van der Waals surface area (Å²) < 4.78 is 6.55. The third kappa shape index (κ3) is 5.02. The first kappa shape index (κ1) is 25.9. The number of nitrogens with one attached hydrogen (secondary N) is 2. The molecule has 6 rings (SSSR count). The molecule has 2 aromatic carbocycles. The third-order valence-electron chi connectivity index (χ3n) is 7.26. The number of nitrogens with zero attached hydrogens (tertiary/aromatic N) is 5. The van der Waals surface area contributed by atoms with Gasteiger partial charge in [0.05, 0.1) is 24.6 Å². The van der Waals surface area contributed by atoms with Crippen LogP contribution in [0.15, 0.2) is 83.8 Å². The monoisotopic (exact) mass is 559 g/mol. The predicted molar refractivity (Wildman–Crippen MR) is 147 cm³/mol. The molecule has 1 amide bonds. The van der Waals surface area contributed by atoms with Crippen molar-refractivity contribution in [2.75, 3.05) is 11.9 Å². The Bertz CT molecular complexity index is 1560. The van der Waals surface area contributed by atoms with Crippen LogP contribution in [0.3, 0.4) is 0 Å². The Labute approximate surface area is 233 Å². The summed E-state index contributed by atoms with van der Waals surface area (Å²) in [5.74, 6) is -0.0338. The highest BCUT2D eigenvalue weighted by Crippen LogP contribution is 2.35. The first-order valence-corrected chi connectivity index (χ1v) is 13.2. The number of benzene rings is 2. The standard InChI is InChI=1S/C28H26ClN7O4/c29-28-34-25(30-14-18(16-7-3-1-4-8-16)17-9-5-2-6-10-17)22-26(35-28)36(15-31-22)20-13-19(23(37)24(20)38)33-27(39)21-11-12-32-40-21/h1-12,15,18-20,23-24,37-38H,13-14H2,(H,33,39)(H,30,34,35)/t19-,20+,23+,24-/m0/s1. The predicted octanol–water partition coefficient (Wildman–Crippen LogP) is 3.18. The van der Waals surface area contributed by atoms with Gasteiger partial charge in [0.1, 0.15) is 12.2 Å². The maximum absolute atomic E-state index is 12.4. The van der Waals surface area contributed by atoms with Gasteiger partial charge in [-0.15, -0.1) is 0 Å². The maximum atomic E-state index is 12.4. The molecule has 12 heteroatoms. The van der Waals surface area contributed by atoms with Crippen molar-refractivity contribution in [3.8, 4) is 0 Å². The normalized spacial score (nSPS) is 20.7. The molecule has 0 spiro atoms. The second-order valence-electron chi connectivity index (χ2n) is 9.66. The zero-order valence-corrected chi connectivity index (χ0v) is 21.9. The van der Waals surface area contributed by atoms with Crippen molar-refractivity contribution in [1.82, 2.24) is 30.0 Å². The van der Waals surface area contributed by atoms with Crippen molar-refractivity contribution in [2.24, 2.45) is 0 Å². The minimum Gasteiger partial charge on any atom is -0.388 e. The Hall–Kier alpha value is -4.32. The summed E-state index contributed by atoms with van der Waals surface area (Å²) in [5, 5.41) is 31.2. The number of anilines is 1. The summed E-state index contributed by atoms with van der Waals surface area (Å²) in [6, 6.07) is 20.4. The van der Waals surface area contributed by atoms with Crippen LogP contribution >= 0.6 is 11.6 Å². The van der Waals surface area contributed by atoms with E-state index in [1.807, 2.05) is 36.4 Å². The molecule has 3 heterocycles. The van der Waals surface area contributed by atoms with Crippen LogP contribution in [0.2, 0.25) is 5.28 Å². The third-order valence-corrected chi connectivity index (χ3v) is 7.43. The highest BCUT2D eigenvalue weighted by Gasteiger charge is 2.44. The van der Waals surface area contributed by atoms with Gasteiger partial charge < -0.3 is 29.9 Å². The van der Waals surface area contributed by atoms with Crippen LogP contribution < -0.4 is 10.6 Å². The van der Waals surface area contributed by atoms with Crippen molar-refractivity contribution < 1.29 is 19.5 Å². The van der Waals surface area contributed by atoms with E-state index in [4.69, 9.17) is 16.1 Å². The molecule has 0 aliphatic heterocycles. The first-order chi connectivity index (χ1) is 19.5. The molecule has 11 nitrogen and oxygen atoms in total. The summed E-state index contributed by atoms with van der Waals surface area (Å²) in [7, 11) is 0. The van der Waals surface area contributed by atoms with Crippen LogP contribution in [0, 0.1) is 0 Å². The highest BCUT2D eigenvalue weighted by atomic mass is 35.5. The van der Waals surface area contributed by atoms with Gasteiger partial charge in [0.25, 0.3) is 5.91 Å². The Morgan fingerprint density at radius 1 is 1.02 bits per heavy atom. The molecule has 0 bridgehead atoms. The number of aromatic nitrogens is 5. The van der Waals surface area contributed by atoms with Gasteiger partial charge in [0.2, 0.25) is 11.0 Å². The van der Waals surface area contributed by atoms with Crippen LogP contribution in [0.4, 0.5) is 5.82 Å². The zero-order valence-electron chi connectivity index (χ0n) is 21.1. The van der Waals surface area contributed by atoms with E-state index in [1.54, 1.807) is 4.57 Å². The quantitative estimate of drug-likeness (QED) is 0.210. The van der Waals surface area contributed by atoms with Crippen LogP contribution in [-0.4, -0.2) is 65.6 Å². The second-order valence-corrected chi connectivity index (χ2v) is 10.00. The number of fused-ring (bicyclic) bond motifs is 1. The van der Waals surface area contributed by atoms with Crippen molar-refractivity contribution in [2.45, 2.75) is 36.6 Å². The fourth-order valence-corrected chi connectivity index (χ4v) is 5.42. The minimum absolute atomic E-state index is 0.0101. The molecule has 1 fully saturated rings. The molecule has 40 heavy (non-hydrogen) atoms. The fourth-order valence-electron chi connectivity index (χ4n) is 5.25. The SMILES string of the molecule is O=C(N[C@H]1C[C@@H](n2cnc3c(NCC(c4ccccc4)c4ccccc4)nc(Cl)nc32)[C@H](O)[C@@H]1O)c1ccno1. The molecule has 3 aromatic heterocycles. The van der Waals surface area contributed by atoms with E-state index < -0.39 is 30.2 Å². The van der Waals surface area contributed by atoms with Gasteiger partial charge in [-0.3, -0.25) is 4.79 Å². The van der Waals surface area contributed by atoms with Crippen molar-refractivity contribution in [3.63, 3.8) is 0 Å². The number of hydrogen-bond donors (Lipinski definition) is 4. The number of aliphatic hydroxyl groups is 2. The van der Waals surface area contributed by atoms with E-state index in [9.17, 15) is 15.0 Å². The smallest absolute Gasteiger partial charge is 0.290 e. The van der Waals surface area contributed by atoms with E-state index in [0.717, 1.165) is 11.1 Å². The van der Waals surface area contributed by atoms with Gasteiger partial charge in [0, 0.05) is 18.5 Å². The first-order valence-electron chi connectivity index (χ1n) is 12.8. The maximum Gasteiger partial charge on any atom is 0.290 e. The van der Waals surface area contributed by atoms with E-state index >= 15 is 0 Å². The summed E-state index contributed by atoms with van der Waals surface area (Å²) in [5.41, 5.74) is 3.16. The molecule has 1 aliphatic rings. The van der Waals surface area contributed by atoms with Crippen LogP contribution in [0.1, 0.15) is 40.1 Å². The average Bonchev–Trinajstić information content (AvgIpc) is 3.72. The number of hydrogen-bond acceptors (Lipinski definition) is 9. The van der Waals surface area contributed by atoms with Crippen molar-refractivity contribution in [1.29, 1.82) is 0 Å². The topological polar surface area (TPSA) is 151 Å². The second kappa shape index (κ2) is 11.0. The molecule has 4 N–H and O–H groups in total. The van der Waals surface area contributed by atoms with Gasteiger partial charge >= 0.3 is 0 Å². The number of amides is 1. The van der Waals surface area contributed by atoms with E-state index in [0.29, 0.717) is 23.5 Å². The Morgan fingerprint density at radius 3 is 2.38 bits per heavy atom. The van der Waals surface area contributed by atoms with Crippen molar-refractivity contribution in [3.05, 3.63) is 101 Å². The lowest BCUT2D eigenvalue weighted by molar-refractivity contribution is 0.0140. The van der Waals surface area contributed by atoms with Gasteiger partial charge in [-0.05, 0) is 29.1 Å². The van der Waals surface area contributed by atoms with E-state index in [1.165, 1.54) is 18.6 Å². The molecular weight excluding hydrogens is 534 g/mol. The van der Waals surface area contributed by atoms with Crippen LogP contribution in [0.25, 0.3) is 11.2 Å². The Kier molecular flexibility index (Phi) is 7.16. The molecule has 0 saturated heterocycles. The van der Waals surface area contributed by atoms with Gasteiger partial charge in [-0.25, -0.2) is 4.98 Å². The summed E-state index contributed by atoms with van der Waals surface area (Å²) in [4.78, 5) is 25.7. The van der Waals surface area contributed by atoms with E-state index in [2.05, 4.69) is 55.0 Å². The van der Waals surface area contributed by atoms with Crippen LogP contribution in [-0.2, 0) is 0 Å². The van der Waals surface area contributed by atoms with Crippen molar-refractivity contribution >= 4 is 34.5 Å². The molecule has 4 atom stereocenters. The molecule has 1 saturated carbocycles. The Morgan fingerprint density at radius 2 is 1.73 bits per heavy atom. The number of halogens is 1. The van der Waals surface area contributed by atoms with E-state index in [-0.39, 0.29) is 23.4 Å². The molecule has 5 aromatic rings. The summed E-state index contributed by atoms with van der Waals surface area (Å²) in [6.45, 7) is 0.518. The molecule has 1 aliphatic carbocycles. The highest BCUT2D eigenvalue weighted by molar-refractivity contribution is 6.28. The lowest BCUT2D eigenvalue weighted by atomic mass is 9.91. The molecular formula is C28H26ClN7O4. The molecule has 0 unspecified atom stereocenters.